The maximum atomic E-state index is 12.6. The zero-order valence-electron chi connectivity index (χ0n) is 15.2. The molecule has 0 saturated heterocycles. The molecule has 0 fully saturated rings. The van der Waals surface area contributed by atoms with Crippen LogP contribution in [-0.2, 0) is 0 Å². The molecule has 2 aromatic carbocycles. The molecule has 0 aliphatic carbocycles. The van der Waals surface area contributed by atoms with Crippen molar-refractivity contribution in [2.24, 2.45) is 0 Å². The number of non-ortho nitro benzene ring substituents is 1. The average Bonchev–Trinajstić information content (AvgIpc) is 2.75. The Balaban J connectivity index is 1.54. The highest BCUT2D eigenvalue weighted by Crippen LogP contribution is 2.33. The molecular formula is C20H17ClN4O4. The molecule has 0 saturated carbocycles. The van der Waals surface area contributed by atoms with E-state index in [1.54, 1.807) is 0 Å². The monoisotopic (exact) mass is 412 g/mol. The molecule has 1 aromatic heterocycles. The van der Waals surface area contributed by atoms with Gasteiger partial charge in [0.1, 0.15) is 10.8 Å². The molecule has 4 rings (SSSR count). The number of nitro benzene ring substituents is 1. The summed E-state index contributed by atoms with van der Waals surface area (Å²) in [4.78, 5) is 22.9. The number of hydrogen-bond acceptors (Lipinski definition) is 6. The fourth-order valence-corrected chi connectivity index (χ4v) is 3.51. The van der Waals surface area contributed by atoms with Crippen molar-refractivity contribution in [1.29, 1.82) is 0 Å². The zero-order chi connectivity index (χ0) is 20.4. The van der Waals surface area contributed by atoms with Gasteiger partial charge in [-0.3, -0.25) is 14.9 Å². The fraction of sp³-hybridized carbons (Fsp3) is 0.200. The number of benzene rings is 2. The Labute approximate surface area is 170 Å². The minimum Gasteiger partial charge on any atom is -0.493 e. The van der Waals surface area contributed by atoms with Crippen molar-refractivity contribution >= 4 is 23.0 Å². The second kappa shape index (κ2) is 7.92. The number of para-hydroxylation sites is 1. The van der Waals surface area contributed by atoms with Gasteiger partial charge < -0.3 is 10.1 Å². The summed E-state index contributed by atoms with van der Waals surface area (Å²) in [6.45, 7) is 1.22. The summed E-state index contributed by atoms with van der Waals surface area (Å²) in [5, 5.41) is 18.2. The normalized spacial score (nSPS) is 15.3. The van der Waals surface area contributed by atoms with E-state index in [0.717, 1.165) is 22.4 Å². The van der Waals surface area contributed by atoms with Gasteiger partial charge in [0.2, 0.25) is 0 Å². The lowest BCUT2D eigenvalue weighted by Crippen LogP contribution is -2.25. The Morgan fingerprint density at radius 1 is 1.24 bits per heavy atom. The van der Waals surface area contributed by atoms with Crippen molar-refractivity contribution in [2.45, 2.75) is 12.3 Å². The molecule has 1 aliphatic rings. The number of aromatic nitrogens is 2. The van der Waals surface area contributed by atoms with Crippen LogP contribution in [0.15, 0.2) is 59.5 Å². The Hall–Kier alpha value is -3.39. The number of rotatable bonds is 5. The van der Waals surface area contributed by atoms with Gasteiger partial charge >= 0.3 is 0 Å². The zero-order valence-corrected chi connectivity index (χ0v) is 16.0. The number of halogens is 1. The fourth-order valence-electron chi connectivity index (χ4n) is 3.32. The van der Waals surface area contributed by atoms with Gasteiger partial charge in [0.05, 0.1) is 29.1 Å². The minimum atomic E-state index is -0.506. The van der Waals surface area contributed by atoms with Crippen molar-refractivity contribution in [3.8, 4) is 11.4 Å². The van der Waals surface area contributed by atoms with Gasteiger partial charge in [-0.25, -0.2) is 0 Å². The molecule has 1 unspecified atom stereocenters. The Morgan fingerprint density at radius 2 is 2.00 bits per heavy atom. The third-order valence-electron chi connectivity index (χ3n) is 4.85. The minimum absolute atomic E-state index is 0.0127. The molecule has 29 heavy (non-hydrogen) atoms. The first-order valence-electron chi connectivity index (χ1n) is 9.03. The summed E-state index contributed by atoms with van der Waals surface area (Å²) < 4.78 is 6.79. The summed E-state index contributed by atoms with van der Waals surface area (Å²) in [6, 6.07) is 13.4. The van der Waals surface area contributed by atoms with Crippen molar-refractivity contribution in [2.75, 3.05) is 18.5 Å². The van der Waals surface area contributed by atoms with E-state index in [1.807, 2.05) is 24.3 Å². The molecular weight excluding hydrogens is 396 g/mol. The van der Waals surface area contributed by atoms with E-state index >= 15 is 0 Å². The molecule has 8 nitrogen and oxygen atoms in total. The number of ether oxygens (including phenoxy) is 1. The lowest BCUT2D eigenvalue weighted by molar-refractivity contribution is -0.384. The number of nitrogens with zero attached hydrogens (tertiary/aromatic N) is 3. The standard InChI is InChI=1S/C20H17ClN4O4/c21-19-17(22-11-13-9-10-29-18-4-2-1-3-16(13)18)12-23-24(20(19)26)14-5-7-15(8-6-14)25(27)28/h1-8,12-13,22H,9-11H2. The molecule has 1 atom stereocenters. The summed E-state index contributed by atoms with van der Waals surface area (Å²) in [5.74, 6) is 1.11. The lowest BCUT2D eigenvalue weighted by atomic mass is 9.93. The van der Waals surface area contributed by atoms with Crippen molar-refractivity contribution in [1.82, 2.24) is 9.78 Å². The van der Waals surface area contributed by atoms with Crippen LogP contribution < -0.4 is 15.6 Å². The molecule has 2 heterocycles. The van der Waals surface area contributed by atoms with Gasteiger partial charge in [0.15, 0.2) is 0 Å². The molecule has 0 amide bonds. The van der Waals surface area contributed by atoms with Gasteiger partial charge in [-0.2, -0.15) is 9.78 Å². The first-order chi connectivity index (χ1) is 14.0. The number of nitrogens with one attached hydrogen (secondary N) is 1. The van der Waals surface area contributed by atoms with Crippen LogP contribution in [-0.4, -0.2) is 27.9 Å². The van der Waals surface area contributed by atoms with Gasteiger partial charge in [0, 0.05) is 24.6 Å². The van der Waals surface area contributed by atoms with Crippen LogP contribution in [0.3, 0.4) is 0 Å². The number of nitro groups is 1. The van der Waals surface area contributed by atoms with Gasteiger partial charge in [-0.15, -0.1) is 0 Å². The summed E-state index contributed by atoms with van der Waals surface area (Å²) in [5.41, 5.74) is 1.39. The van der Waals surface area contributed by atoms with Crippen LogP contribution in [0.25, 0.3) is 5.69 Å². The van der Waals surface area contributed by atoms with Gasteiger partial charge in [-0.1, -0.05) is 29.8 Å². The molecule has 148 valence electrons. The van der Waals surface area contributed by atoms with Crippen LogP contribution in [0.2, 0.25) is 5.02 Å². The molecule has 0 bridgehead atoms. The van der Waals surface area contributed by atoms with Crippen LogP contribution >= 0.6 is 11.6 Å². The third kappa shape index (κ3) is 3.79. The lowest BCUT2D eigenvalue weighted by Gasteiger charge is -2.26. The maximum Gasteiger partial charge on any atom is 0.292 e. The molecule has 0 spiro atoms. The first-order valence-corrected chi connectivity index (χ1v) is 9.40. The van der Waals surface area contributed by atoms with E-state index in [2.05, 4.69) is 10.4 Å². The van der Waals surface area contributed by atoms with Crippen LogP contribution in [0.5, 0.6) is 5.75 Å². The first kappa shape index (κ1) is 18.9. The van der Waals surface area contributed by atoms with E-state index < -0.39 is 10.5 Å². The molecule has 0 radical (unpaired) electrons. The van der Waals surface area contributed by atoms with Gasteiger partial charge in [-0.05, 0) is 30.2 Å². The number of hydrogen-bond donors (Lipinski definition) is 1. The van der Waals surface area contributed by atoms with Crippen LogP contribution in [0.1, 0.15) is 17.9 Å². The highest BCUT2D eigenvalue weighted by atomic mass is 35.5. The van der Waals surface area contributed by atoms with Gasteiger partial charge in [0.25, 0.3) is 11.2 Å². The number of fused-ring (bicyclic) bond motifs is 1. The third-order valence-corrected chi connectivity index (χ3v) is 5.21. The highest BCUT2D eigenvalue weighted by Gasteiger charge is 2.21. The smallest absolute Gasteiger partial charge is 0.292 e. The quantitative estimate of drug-likeness (QED) is 0.505. The summed E-state index contributed by atoms with van der Waals surface area (Å²) in [7, 11) is 0. The molecule has 3 aromatic rings. The predicted molar refractivity (Wildman–Crippen MR) is 109 cm³/mol. The summed E-state index contributed by atoms with van der Waals surface area (Å²) >= 11 is 6.28. The SMILES string of the molecule is O=c1c(Cl)c(NCC2CCOc3ccccc32)cnn1-c1ccc([N+](=O)[O-])cc1. The Kier molecular flexibility index (Phi) is 5.18. The van der Waals surface area contributed by atoms with Crippen molar-refractivity contribution < 1.29 is 9.66 Å². The van der Waals surface area contributed by atoms with Crippen molar-refractivity contribution in [3.63, 3.8) is 0 Å². The van der Waals surface area contributed by atoms with Crippen molar-refractivity contribution in [3.05, 3.63) is 85.8 Å². The molecule has 1 N–H and O–H groups in total. The van der Waals surface area contributed by atoms with E-state index in [-0.39, 0.29) is 16.6 Å². The Morgan fingerprint density at radius 3 is 2.76 bits per heavy atom. The average molecular weight is 413 g/mol. The van der Waals surface area contributed by atoms with E-state index in [9.17, 15) is 14.9 Å². The van der Waals surface area contributed by atoms with E-state index in [4.69, 9.17) is 16.3 Å². The van der Waals surface area contributed by atoms with E-state index in [0.29, 0.717) is 24.5 Å². The van der Waals surface area contributed by atoms with Crippen LogP contribution in [0.4, 0.5) is 11.4 Å². The molecule has 9 heteroatoms. The van der Waals surface area contributed by atoms with E-state index in [1.165, 1.54) is 30.5 Å². The topological polar surface area (TPSA) is 99.3 Å². The Bertz CT molecular complexity index is 1110. The predicted octanol–water partition coefficient (Wildman–Crippen LogP) is 3.77. The second-order valence-corrected chi connectivity index (χ2v) is 6.99. The maximum absolute atomic E-state index is 12.6. The largest absolute Gasteiger partial charge is 0.493 e. The summed E-state index contributed by atoms with van der Waals surface area (Å²) in [6.07, 6.45) is 2.34. The highest BCUT2D eigenvalue weighted by molar-refractivity contribution is 6.32. The second-order valence-electron chi connectivity index (χ2n) is 6.62. The molecule has 1 aliphatic heterocycles. The number of anilines is 1. The van der Waals surface area contributed by atoms with Crippen LogP contribution in [0, 0.1) is 10.1 Å².